The number of aliphatic hydroxyl groups is 1. The number of aryl methyl sites for hydroxylation is 1. The quantitative estimate of drug-likeness (QED) is 0.785. The molecule has 0 saturated heterocycles. The van der Waals surface area contributed by atoms with E-state index in [2.05, 4.69) is 4.74 Å². The van der Waals surface area contributed by atoms with Crippen molar-refractivity contribution in [2.75, 3.05) is 26.8 Å². The summed E-state index contributed by atoms with van der Waals surface area (Å²) in [6, 6.07) is 4.38. The van der Waals surface area contributed by atoms with Crippen LogP contribution < -0.4 is 0 Å². The molecule has 0 aliphatic rings. The summed E-state index contributed by atoms with van der Waals surface area (Å²) in [7, 11) is -2.51. The number of rotatable bonds is 6. The number of ether oxygens (including phenoxy) is 1. The molecule has 0 aromatic heterocycles. The molecule has 1 aromatic rings. The lowest BCUT2D eigenvalue weighted by Crippen LogP contribution is -2.33. The minimum Gasteiger partial charge on any atom is -0.465 e. The highest BCUT2D eigenvalue weighted by Gasteiger charge is 2.25. The number of benzene rings is 1. The van der Waals surface area contributed by atoms with Crippen LogP contribution in [0.25, 0.3) is 0 Å². The number of methoxy groups -OCH3 is 1. The van der Waals surface area contributed by atoms with Crippen LogP contribution in [0.5, 0.6) is 0 Å². The lowest BCUT2D eigenvalue weighted by Gasteiger charge is -2.20. The van der Waals surface area contributed by atoms with Crippen molar-refractivity contribution < 1.29 is 23.1 Å². The molecule has 0 amide bonds. The average molecular weight is 301 g/mol. The zero-order valence-electron chi connectivity index (χ0n) is 11.8. The normalized spacial score (nSPS) is 11.7. The highest BCUT2D eigenvalue weighted by molar-refractivity contribution is 7.89. The van der Waals surface area contributed by atoms with E-state index in [4.69, 9.17) is 5.11 Å². The van der Waals surface area contributed by atoms with Crippen molar-refractivity contribution in [3.05, 3.63) is 29.3 Å². The second-order valence-electron chi connectivity index (χ2n) is 4.19. The first-order valence-electron chi connectivity index (χ1n) is 6.18. The SMILES string of the molecule is CCN(CCO)S(=O)(=O)c1cc(C(=O)OC)ccc1C. The molecule has 1 N–H and O–H groups in total. The summed E-state index contributed by atoms with van der Waals surface area (Å²) in [6.07, 6.45) is 0. The Morgan fingerprint density at radius 1 is 1.40 bits per heavy atom. The highest BCUT2D eigenvalue weighted by atomic mass is 32.2. The van der Waals surface area contributed by atoms with Gasteiger partial charge in [-0.2, -0.15) is 4.31 Å². The molecule has 7 heteroatoms. The molecule has 20 heavy (non-hydrogen) atoms. The van der Waals surface area contributed by atoms with Gasteiger partial charge >= 0.3 is 5.97 Å². The van der Waals surface area contributed by atoms with Crippen LogP contribution in [0, 0.1) is 6.92 Å². The fourth-order valence-electron chi connectivity index (χ4n) is 1.82. The van der Waals surface area contributed by atoms with Gasteiger partial charge in [-0.3, -0.25) is 0 Å². The number of hydrogen-bond acceptors (Lipinski definition) is 5. The zero-order chi connectivity index (χ0) is 15.3. The van der Waals surface area contributed by atoms with E-state index in [0.717, 1.165) is 4.31 Å². The molecule has 0 fully saturated rings. The number of carbonyl (C=O) groups is 1. The summed E-state index contributed by atoms with van der Waals surface area (Å²) in [5.41, 5.74) is 0.714. The maximum Gasteiger partial charge on any atom is 0.337 e. The molecule has 1 rings (SSSR count). The number of carbonyl (C=O) groups excluding carboxylic acids is 1. The van der Waals surface area contributed by atoms with Crippen molar-refractivity contribution in [3.8, 4) is 0 Å². The molecule has 0 heterocycles. The molecule has 0 atom stereocenters. The van der Waals surface area contributed by atoms with E-state index in [9.17, 15) is 13.2 Å². The molecule has 0 bridgehead atoms. The fraction of sp³-hybridized carbons (Fsp3) is 0.462. The van der Waals surface area contributed by atoms with E-state index in [1.807, 2.05) is 0 Å². The van der Waals surface area contributed by atoms with Gasteiger partial charge in [0.05, 0.1) is 24.2 Å². The molecule has 0 aliphatic carbocycles. The predicted molar refractivity (Wildman–Crippen MR) is 74.0 cm³/mol. The van der Waals surface area contributed by atoms with Crippen molar-refractivity contribution in [2.45, 2.75) is 18.7 Å². The Bertz CT molecular complexity index is 582. The van der Waals surface area contributed by atoms with Crippen molar-refractivity contribution in [1.82, 2.24) is 4.31 Å². The summed E-state index contributed by atoms with van der Waals surface area (Å²) in [5.74, 6) is -0.591. The van der Waals surface area contributed by atoms with Crippen LogP contribution >= 0.6 is 0 Å². The first-order valence-corrected chi connectivity index (χ1v) is 7.62. The third kappa shape index (κ3) is 3.36. The number of sulfonamides is 1. The lowest BCUT2D eigenvalue weighted by atomic mass is 10.1. The van der Waals surface area contributed by atoms with Gasteiger partial charge in [0.15, 0.2) is 0 Å². The molecular formula is C13H19NO5S. The van der Waals surface area contributed by atoms with E-state index in [1.165, 1.54) is 19.2 Å². The molecule has 112 valence electrons. The Balaban J connectivity index is 3.33. The summed E-state index contributed by atoms with van der Waals surface area (Å²) < 4.78 is 30.8. The largest absolute Gasteiger partial charge is 0.465 e. The van der Waals surface area contributed by atoms with Gasteiger partial charge in [-0.25, -0.2) is 13.2 Å². The molecule has 0 spiro atoms. The van der Waals surface area contributed by atoms with E-state index in [1.54, 1.807) is 19.9 Å². The van der Waals surface area contributed by atoms with E-state index in [0.29, 0.717) is 5.56 Å². The summed E-state index contributed by atoms with van der Waals surface area (Å²) in [4.78, 5) is 11.5. The van der Waals surface area contributed by atoms with Crippen molar-refractivity contribution in [2.24, 2.45) is 0 Å². The zero-order valence-corrected chi connectivity index (χ0v) is 12.6. The maximum atomic E-state index is 12.5. The van der Waals surface area contributed by atoms with Crippen LogP contribution in [0.3, 0.4) is 0 Å². The summed E-state index contributed by atoms with van der Waals surface area (Å²) in [6.45, 7) is 3.34. The van der Waals surface area contributed by atoms with Crippen LogP contribution in [0.2, 0.25) is 0 Å². The van der Waals surface area contributed by atoms with Gasteiger partial charge in [0.1, 0.15) is 0 Å². The predicted octanol–water partition coefficient (Wildman–Crippen LogP) is 0.785. The Morgan fingerprint density at radius 2 is 2.05 bits per heavy atom. The first kappa shape index (κ1) is 16.6. The number of hydrogen-bond donors (Lipinski definition) is 1. The van der Waals surface area contributed by atoms with E-state index < -0.39 is 16.0 Å². The molecule has 0 saturated carbocycles. The number of likely N-dealkylation sites (N-methyl/N-ethyl adjacent to an activating group) is 1. The lowest BCUT2D eigenvalue weighted by molar-refractivity contribution is 0.0600. The third-order valence-electron chi connectivity index (χ3n) is 2.93. The highest BCUT2D eigenvalue weighted by Crippen LogP contribution is 2.21. The standard InChI is InChI=1S/C13H19NO5S/c1-4-14(7-8-15)20(17,18)12-9-11(13(16)19-3)6-5-10(12)2/h5-6,9,15H,4,7-8H2,1-3H3. The molecular weight excluding hydrogens is 282 g/mol. The summed E-state index contributed by atoms with van der Waals surface area (Å²) in [5, 5.41) is 8.95. The maximum absolute atomic E-state index is 12.5. The minimum atomic E-state index is -3.74. The molecule has 0 aliphatic heterocycles. The van der Waals surface area contributed by atoms with E-state index in [-0.39, 0.29) is 30.2 Å². The first-order chi connectivity index (χ1) is 9.38. The average Bonchev–Trinajstić information content (AvgIpc) is 2.43. The molecule has 1 aromatic carbocycles. The minimum absolute atomic E-state index is 0.0146. The van der Waals surface area contributed by atoms with Gasteiger partial charge in [0, 0.05) is 13.1 Å². The number of nitrogens with zero attached hydrogens (tertiary/aromatic N) is 1. The third-order valence-corrected chi connectivity index (χ3v) is 5.05. The monoisotopic (exact) mass is 301 g/mol. The molecule has 6 nitrogen and oxygen atoms in total. The Hall–Kier alpha value is -1.44. The second-order valence-corrected chi connectivity index (χ2v) is 6.10. The number of esters is 1. The molecule has 0 unspecified atom stereocenters. The van der Waals surface area contributed by atoms with Crippen LogP contribution in [0.1, 0.15) is 22.8 Å². The van der Waals surface area contributed by atoms with Crippen LogP contribution in [-0.2, 0) is 14.8 Å². The van der Waals surface area contributed by atoms with E-state index >= 15 is 0 Å². The van der Waals surface area contributed by atoms with Crippen LogP contribution in [0.15, 0.2) is 23.1 Å². The van der Waals surface area contributed by atoms with Gasteiger partial charge in [-0.1, -0.05) is 13.0 Å². The topological polar surface area (TPSA) is 83.9 Å². The van der Waals surface area contributed by atoms with Gasteiger partial charge in [-0.05, 0) is 24.6 Å². The number of aliphatic hydroxyl groups excluding tert-OH is 1. The Labute approximate surface area is 119 Å². The van der Waals surface area contributed by atoms with Crippen molar-refractivity contribution in [3.63, 3.8) is 0 Å². The second kappa shape index (κ2) is 6.83. The van der Waals surface area contributed by atoms with Gasteiger partial charge in [-0.15, -0.1) is 0 Å². The van der Waals surface area contributed by atoms with Crippen LogP contribution in [0.4, 0.5) is 0 Å². The van der Waals surface area contributed by atoms with Crippen molar-refractivity contribution in [1.29, 1.82) is 0 Å². The van der Waals surface area contributed by atoms with Gasteiger partial charge in [0.2, 0.25) is 10.0 Å². The fourth-order valence-corrected chi connectivity index (χ4v) is 3.51. The Morgan fingerprint density at radius 3 is 2.55 bits per heavy atom. The van der Waals surface area contributed by atoms with Crippen molar-refractivity contribution >= 4 is 16.0 Å². The van der Waals surface area contributed by atoms with Gasteiger partial charge in [0.25, 0.3) is 0 Å². The van der Waals surface area contributed by atoms with Gasteiger partial charge < -0.3 is 9.84 Å². The Kier molecular flexibility index (Phi) is 5.67. The smallest absolute Gasteiger partial charge is 0.337 e. The van der Waals surface area contributed by atoms with Crippen LogP contribution in [-0.4, -0.2) is 50.6 Å². The summed E-state index contributed by atoms with van der Waals surface area (Å²) >= 11 is 0. The molecule has 0 radical (unpaired) electrons.